The number of rotatable bonds is 4. The van der Waals surface area contributed by atoms with Gasteiger partial charge in [0, 0.05) is 4.88 Å². The van der Waals surface area contributed by atoms with Crippen LogP contribution in [0.25, 0.3) is 0 Å². The summed E-state index contributed by atoms with van der Waals surface area (Å²) in [6, 6.07) is 6.55. The van der Waals surface area contributed by atoms with Crippen LogP contribution in [-0.4, -0.2) is 16.1 Å². The zero-order valence-corrected chi connectivity index (χ0v) is 11.6. The standard InChI is InChI=1S/C12H12ClN3O2S/c1-6(9-4-5-10(13)19-9)15-11-7(14)2-3-8(16-11)12(17)18/h2-6H,14H2,1H3,(H,15,16)(H,17,18). The first kappa shape index (κ1) is 13.6. The van der Waals surface area contributed by atoms with E-state index in [1.165, 1.54) is 23.5 Å². The van der Waals surface area contributed by atoms with Gasteiger partial charge in [0.15, 0.2) is 11.5 Å². The fourth-order valence-electron chi connectivity index (χ4n) is 1.54. The van der Waals surface area contributed by atoms with Crippen LogP contribution in [0.2, 0.25) is 4.34 Å². The molecular formula is C12H12ClN3O2S. The first-order chi connectivity index (χ1) is 8.97. The molecule has 100 valence electrons. The van der Waals surface area contributed by atoms with Gasteiger partial charge in [0.2, 0.25) is 0 Å². The zero-order chi connectivity index (χ0) is 14.0. The number of halogens is 1. The summed E-state index contributed by atoms with van der Waals surface area (Å²) in [5.74, 6) is -0.730. The Hall–Kier alpha value is -1.79. The zero-order valence-electron chi connectivity index (χ0n) is 10.1. The summed E-state index contributed by atoms with van der Waals surface area (Å²) >= 11 is 7.33. The third-order valence-electron chi connectivity index (χ3n) is 2.52. The van der Waals surface area contributed by atoms with Gasteiger partial charge in [-0.15, -0.1) is 11.3 Å². The quantitative estimate of drug-likeness (QED) is 0.806. The van der Waals surface area contributed by atoms with Crippen molar-refractivity contribution >= 4 is 40.4 Å². The average Bonchev–Trinajstić information content (AvgIpc) is 2.78. The fraction of sp³-hybridized carbons (Fsp3) is 0.167. The minimum absolute atomic E-state index is 0.0480. The lowest BCUT2D eigenvalue weighted by molar-refractivity contribution is 0.0690. The van der Waals surface area contributed by atoms with E-state index in [9.17, 15) is 4.79 Å². The number of hydrogen-bond donors (Lipinski definition) is 3. The molecule has 2 aromatic rings. The van der Waals surface area contributed by atoms with E-state index in [1.54, 1.807) is 0 Å². The van der Waals surface area contributed by atoms with E-state index in [-0.39, 0.29) is 11.7 Å². The van der Waals surface area contributed by atoms with Crippen molar-refractivity contribution in [2.45, 2.75) is 13.0 Å². The van der Waals surface area contributed by atoms with Crippen LogP contribution in [0.15, 0.2) is 24.3 Å². The molecule has 0 aromatic carbocycles. The lowest BCUT2D eigenvalue weighted by Crippen LogP contribution is -2.11. The predicted molar refractivity (Wildman–Crippen MR) is 77.0 cm³/mol. The van der Waals surface area contributed by atoms with Crippen molar-refractivity contribution in [2.24, 2.45) is 0 Å². The molecule has 5 nitrogen and oxygen atoms in total. The third kappa shape index (κ3) is 3.15. The molecule has 0 saturated heterocycles. The highest BCUT2D eigenvalue weighted by Crippen LogP contribution is 2.29. The van der Waals surface area contributed by atoms with Gasteiger partial charge in [-0.25, -0.2) is 9.78 Å². The fourth-order valence-corrected chi connectivity index (χ4v) is 2.61. The predicted octanol–water partition coefficient (Wildman–Crippen LogP) is 3.25. The molecule has 7 heteroatoms. The molecule has 1 unspecified atom stereocenters. The van der Waals surface area contributed by atoms with E-state index < -0.39 is 5.97 Å². The molecule has 2 aromatic heterocycles. The van der Waals surface area contributed by atoms with Gasteiger partial charge in [0.25, 0.3) is 0 Å². The van der Waals surface area contributed by atoms with Crippen LogP contribution in [0.4, 0.5) is 11.5 Å². The topological polar surface area (TPSA) is 88.2 Å². The lowest BCUT2D eigenvalue weighted by atomic mass is 10.2. The van der Waals surface area contributed by atoms with Crippen LogP contribution < -0.4 is 11.1 Å². The maximum absolute atomic E-state index is 10.9. The number of aromatic carboxylic acids is 1. The van der Waals surface area contributed by atoms with Crippen LogP contribution in [0, 0.1) is 0 Å². The van der Waals surface area contributed by atoms with Crippen molar-refractivity contribution < 1.29 is 9.90 Å². The minimum atomic E-state index is -1.09. The lowest BCUT2D eigenvalue weighted by Gasteiger charge is -2.14. The Bertz CT molecular complexity index is 615. The molecule has 0 aliphatic rings. The van der Waals surface area contributed by atoms with E-state index >= 15 is 0 Å². The van der Waals surface area contributed by atoms with Gasteiger partial charge in [-0.05, 0) is 31.2 Å². The summed E-state index contributed by atoms with van der Waals surface area (Å²) in [6.45, 7) is 1.93. The number of carboxylic acid groups (broad SMARTS) is 1. The highest BCUT2D eigenvalue weighted by molar-refractivity contribution is 7.16. The summed E-state index contributed by atoms with van der Waals surface area (Å²) in [6.07, 6.45) is 0. The van der Waals surface area contributed by atoms with Gasteiger partial charge < -0.3 is 16.2 Å². The normalized spacial score (nSPS) is 12.1. The molecule has 0 aliphatic carbocycles. The monoisotopic (exact) mass is 297 g/mol. The molecule has 19 heavy (non-hydrogen) atoms. The summed E-state index contributed by atoms with van der Waals surface area (Å²) in [5.41, 5.74) is 6.13. The number of nitrogen functional groups attached to an aromatic ring is 1. The Kier molecular flexibility index (Phi) is 3.92. The van der Waals surface area contributed by atoms with Gasteiger partial charge in [-0.3, -0.25) is 0 Å². The summed E-state index contributed by atoms with van der Waals surface area (Å²) in [4.78, 5) is 15.9. The van der Waals surface area contributed by atoms with E-state index in [4.69, 9.17) is 22.4 Å². The van der Waals surface area contributed by atoms with Crippen LogP contribution in [-0.2, 0) is 0 Å². The Balaban J connectivity index is 2.22. The summed E-state index contributed by atoms with van der Waals surface area (Å²) in [5, 5.41) is 12.0. The smallest absolute Gasteiger partial charge is 0.354 e. The molecule has 2 heterocycles. The van der Waals surface area contributed by atoms with Gasteiger partial charge >= 0.3 is 5.97 Å². The first-order valence-corrected chi connectivity index (χ1v) is 6.68. The highest BCUT2D eigenvalue weighted by atomic mass is 35.5. The number of thiophene rings is 1. The van der Waals surface area contributed by atoms with Crippen LogP contribution in [0.5, 0.6) is 0 Å². The molecule has 2 rings (SSSR count). The maximum Gasteiger partial charge on any atom is 0.354 e. The molecule has 0 fully saturated rings. The van der Waals surface area contributed by atoms with Crippen molar-refractivity contribution in [3.63, 3.8) is 0 Å². The molecule has 0 bridgehead atoms. The Morgan fingerprint density at radius 3 is 2.79 bits per heavy atom. The van der Waals surface area contributed by atoms with Crippen molar-refractivity contribution in [3.05, 3.63) is 39.2 Å². The first-order valence-electron chi connectivity index (χ1n) is 5.49. The van der Waals surface area contributed by atoms with Crippen molar-refractivity contribution in [2.75, 3.05) is 11.1 Å². The van der Waals surface area contributed by atoms with Gasteiger partial charge in [-0.1, -0.05) is 11.6 Å². The Labute approximate surface area is 119 Å². The molecule has 0 radical (unpaired) electrons. The molecule has 0 spiro atoms. The Morgan fingerprint density at radius 1 is 1.47 bits per heavy atom. The molecule has 1 atom stereocenters. The maximum atomic E-state index is 10.9. The second kappa shape index (κ2) is 5.46. The number of anilines is 2. The van der Waals surface area contributed by atoms with Gasteiger partial charge in [0.05, 0.1) is 16.1 Å². The van der Waals surface area contributed by atoms with Crippen molar-refractivity contribution in [1.82, 2.24) is 4.98 Å². The van der Waals surface area contributed by atoms with Gasteiger partial charge in [-0.2, -0.15) is 0 Å². The van der Waals surface area contributed by atoms with Crippen molar-refractivity contribution in [3.8, 4) is 0 Å². The number of carbonyl (C=O) groups is 1. The molecule has 0 aliphatic heterocycles. The summed E-state index contributed by atoms with van der Waals surface area (Å²) in [7, 11) is 0. The second-order valence-electron chi connectivity index (χ2n) is 3.95. The van der Waals surface area contributed by atoms with Gasteiger partial charge in [0.1, 0.15) is 0 Å². The number of nitrogens with zero attached hydrogens (tertiary/aromatic N) is 1. The average molecular weight is 298 g/mol. The van der Waals surface area contributed by atoms with E-state index in [0.29, 0.717) is 15.8 Å². The van der Waals surface area contributed by atoms with E-state index in [1.807, 2.05) is 19.1 Å². The number of carboxylic acids is 1. The van der Waals surface area contributed by atoms with Crippen LogP contribution in [0.1, 0.15) is 28.3 Å². The van der Waals surface area contributed by atoms with Crippen molar-refractivity contribution in [1.29, 1.82) is 0 Å². The number of hydrogen-bond acceptors (Lipinski definition) is 5. The number of pyridine rings is 1. The van der Waals surface area contributed by atoms with Crippen LogP contribution in [0.3, 0.4) is 0 Å². The Morgan fingerprint density at radius 2 is 2.21 bits per heavy atom. The second-order valence-corrected chi connectivity index (χ2v) is 5.69. The number of nitrogens with two attached hydrogens (primary N) is 1. The molecular weight excluding hydrogens is 286 g/mol. The van der Waals surface area contributed by atoms with E-state index in [0.717, 1.165) is 4.88 Å². The molecule has 0 saturated carbocycles. The summed E-state index contributed by atoms with van der Waals surface area (Å²) < 4.78 is 0.698. The number of nitrogens with one attached hydrogen (secondary N) is 1. The number of aromatic nitrogens is 1. The SMILES string of the molecule is CC(Nc1nc(C(=O)O)ccc1N)c1ccc(Cl)s1. The largest absolute Gasteiger partial charge is 0.477 e. The highest BCUT2D eigenvalue weighted by Gasteiger charge is 2.13. The van der Waals surface area contributed by atoms with Crippen LogP contribution >= 0.6 is 22.9 Å². The minimum Gasteiger partial charge on any atom is -0.477 e. The third-order valence-corrected chi connectivity index (χ3v) is 3.93. The molecule has 4 N–H and O–H groups in total. The van der Waals surface area contributed by atoms with E-state index in [2.05, 4.69) is 10.3 Å². The molecule has 0 amide bonds.